The van der Waals surface area contributed by atoms with Crippen LogP contribution in [0.1, 0.15) is 24.5 Å². The molecule has 0 fully saturated rings. The molecule has 0 saturated heterocycles. The molecule has 0 bridgehead atoms. The molecule has 138 valence electrons. The fraction of sp³-hybridized carbons (Fsp3) is 0.471. The molecule has 2 aromatic rings. The van der Waals surface area contributed by atoms with Crippen molar-refractivity contribution in [3.8, 4) is 5.88 Å². The summed E-state index contributed by atoms with van der Waals surface area (Å²) in [5.74, 6) is 1.49. The van der Waals surface area contributed by atoms with Crippen LogP contribution in [0, 0.1) is 0 Å². The minimum Gasteiger partial charge on any atom is -0.478 e. The van der Waals surface area contributed by atoms with Gasteiger partial charge in [-0.2, -0.15) is 5.10 Å². The highest BCUT2D eigenvalue weighted by atomic mass is 127. The highest BCUT2D eigenvalue weighted by Gasteiger charge is 2.08. The lowest BCUT2D eigenvalue weighted by Crippen LogP contribution is -2.38. The van der Waals surface area contributed by atoms with E-state index >= 15 is 0 Å². The fourth-order valence-electron chi connectivity index (χ4n) is 2.28. The van der Waals surface area contributed by atoms with Crippen LogP contribution in [0.3, 0.4) is 0 Å². The summed E-state index contributed by atoms with van der Waals surface area (Å²) in [6, 6.07) is 3.91. The van der Waals surface area contributed by atoms with Gasteiger partial charge in [-0.05, 0) is 12.0 Å². The Bertz CT molecular complexity index is 655. The van der Waals surface area contributed by atoms with E-state index in [0.29, 0.717) is 19.0 Å². The molecule has 0 aliphatic rings. The van der Waals surface area contributed by atoms with Crippen LogP contribution in [0.2, 0.25) is 0 Å². The molecule has 8 heteroatoms. The van der Waals surface area contributed by atoms with E-state index in [9.17, 15) is 0 Å². The molecule has 0 saturated carbocycles. The lowest BCUT2D eigenvalue weighted by molar-refractivity contribution is 0.305. The number of pyridine rings is 1. The summed E-state index contributed by atoms with van der Waals surface area (Å²) in [4.78, 5) is 10.7. The van der Waals surface area contributed by atoms with Crippen LogP contribution < -0.4 is 10.1 Å². The number of aromatic nitrogens is 3. The second kappa shape index (κ2) is 10.9. The number of nitrogens with zero attached hydrogens (tertiary/aromatic N) is 5. The van der Waals surface area contributed by atoms with Crippen LogP contribution in [0.5, 0.6) is 5.88 Å². The average Bonchev–Trinajstić information content (AvgIpc) is 2.99. The number of aryl methyl sites for hydroxylation is 1. The van der Waals surface area contributed by atoms with Gasteiger partial charge in [0.1, 0.15) is 0 Å². The second-order valence-corrected chi connectivity index (χ2v) is 5.63. The van der Waals surface area contributed by atoms with Crippen molar-refractivity contribution < 1.29 is 4.74 Å². The molecule has 2 aromatic heterocycles. The first-order chi connectivity index (χ1) is 11.6. The molecule has 0 aliphatic carbocycles. The lowest BCUT2D eigenvalue weighted by Gasteiger charge is -2.21. The van der Waals surface area contributed by atoms with E-state index in [2.05, 4.69) is 32.2 Å². The first-order valence-electron chi connectivity index (χ1n) is 8.09. The smallest absolute Gasteiger partial charge is 0.213 e. The van der Waals surface area contributed by atoms with Gasteiger partial charge in [-0.25, -0.2) is 4.98 Å². The van der Waals surface area contributed by atoms with Crippen LogP contribution in [-0.4, -0.2) is 46.3 Å². The predicted molar refractivity (Wildman–Crippen MR) is 110 cm³/mol. The minimum absolute atomic E-state index is 0. The average molecular weight is 458 g/mol. The molecule has 0 aliphatic heterocycles. The Hall–Kier alpha value is -1.84. The summed E-state index contributed by atoms with van der Waals surface area (Å²) in [5.41, 5.74) is 2.22. The first-order valence-corrected chi connectivity index (χ1v) is 8.09. The van der Waals surface area contributed by atoms with Crippen molar-refractivity contribution in [1.29, 1.82) is 0 Å². The third-order valence-corrected chi connectivity index (χ3v) is 3.45. The van der Waals surface area contributed by atoms with Gasteiger partial charge in [0.05, 0.1) is 12.8 Å². The van der Waals surface area contributed by atoms with E-state index in [1.165, 1.54) is 0 Å². The number of guanidine groups is 1. The Morgan fingerprint density at radius 1 is 1.32 bits per heavy atom. The summed E-state index contributed by atoms with van der Waals surface area (Å²) >= 11 is 0. The van der Waals surface area contributed by atoms with Gasteiger partial charge in [-0.3, -0.25) is 9.67 Å². The molecule has 0 unspecified atom stereocenters. The number of hydrogen-bond acceptors (Lipinski definition) is 4. The number of aliphatic imine (C=N–C) groups is 1. The van der Waals surface area contributed by atoms with Gasteiger partial charge in [0.25, 0.3) is 0 Å². The normalized spacial score (nSPS) is 11.0. The van der Waals surface area contributed by atoms with Gasteiger partial charge in [0.2, 0.25) is 5.88 Å². The number of ether oxygens (including phenoxy) is 1. The molecule has 0 radical (unpaired) electrons. The second-order valence-electron chi connectivity index (χ2n) is 5.63. The third-order valence-electron chi connectivity index (χ3n) is 3.45. The molecule has 2 rings (SSSR count). The van der Waals surface area contributed by atoms with Gasteiger partial charge in [-0.15, -0.1) is 24.0 Å². The van der Waals surface area contributed by atoms with Crippen LogP contribution in [-0.2, 0) is 20.1 Å². The number of halogens is 1. The van der Waals surface area contributed by atoms with E-state index < -0.39 is 0 Å². The molecule has 0 aromatic carbocycles. The van der Waals surface area contributed by atoms with Gasteiger partial charge < -0.3 is 15.0 Å². The molecule has 0 spiro atoms. The maximum absolute atomic E-state index is 5.49. The molecule has 7 nitrogen and oxygen atoms in total. The van der Waals surface area contributed by atoms with Crippen molar-refractivity contribution in [2.45, 2.75) is 26.4 Å². The summed E-state index contributed by atoms with van der Waals surface area (Å²) in [6.07, 6.45) is 6.67. The lowest BCUT2D eigenvalue weighted by atomic mass is 10.3. The first kappa shape index (κ1) is 21.2. The van der Waals surface area contributed by atoms with Crippen LogP contribution in [0.4, 0.5) is 0 Å². The Morgan fingerprint density at radius 2 is 2.12 bits per heavy atom. The maximum Gasteiger partial charge on any atom is 0.213 e. The van der Waals surface area contributed by atoms with Gasteiger partial charge in [0.15, 0.2) is 5.96 Å². The van der Waals surface area contributed by atoms with E-state index in [-0.39, 0.29) is 24.0 Å². The zero-order valence-corrected chi connectivity index (χ0v) is 17.6. The van der Waals surface area contributed by atoms with Crippen molar-refractivity contribution in [1.82, 2.24) is 25.0 Å². The molecule has 2 heterocycles. The standard InChI is InChI=1S/C17H26N6O.HI/c1-5-8-24-16-7-6-14(9-19-16)10-20-17(18-2)22(3)12-15-11-21-23(4)13-15;/h6-7,9,11,13H,5,8,10,12H2,1-4H3,(H,18,20);1H. The van der Waals surface area contributed by atoms with E-state index in [4.69, 9.17) is 4.74 Å². The van der Waals surface area contributed by atoms with Crippen molar-refractivity contribution in [2.75, 3.05) is 20.7 Å². The monoisotopic (exact) mass is 458 g/mol. The SMILES string of the molecule is CCCOc1ccc(CNC(=NC)N(C)Cc2cnn(C)c2)cn1.I. The number of rotatable bonds is 7. The fourth-order valence-corrected chi connectivity index (χ4v) is 2.28. The highest BCUT2D eigenvalue weighted by Crippen LogP contribution is 2.08. The summed E-state index contributed by atoms with van der Waals surface area (Å²) in [6.45, 7) is 4.17. The van der Waals surface area contributed by atoms with Crippen molar-refractivity contribution in [3.05, 3.63) is 41.9 Å². The van der Waals surface area contributed by atoms with Gasteiger partial charge in [-0.1, -0.05) is 13.0 Å². The minimum atomic E-state index is 0. The molecule has 25 heavy (non-hydrogen) atoms. The van der Waals surface area contributed by atoms with Crippen molar-refractivity contribution in [3.63, 3.8) is 0 Å². The largest absolute Gasteiger partial charge is 0.478 e. The van der Waals surface area contributed by atoms with Crippen molar-refractivity contribution in [2.24, 2.45) is 12.0 Å². The van der Waals surface area contributed by atoms with Crippen LogP contribution in [0.15, 0.2) is 35.7 Å². The third kappa shape index (κ3) is 6.89. The van der Waals surface area contributed by atoms with Crippen molar-refractivity contribution >= 4 is 29.9 Å². The zero-order chi connectivity index (χ0) is 17.4. The summed E-state index contributed by atoms with van der Waals surface area (Å²) < 4.78 is 7.29. The van der Waals surface area contributed by atoms with Gasteiger partial charge >= 0.3 is 0 Å². The Labute approximate surface area is 166 Å². The predicted octanol–water partition coefficient (Wildman–Crippen LogP) is 2.43. The van der Waals surface area contributed by atoms with Gasteiger partial charge in [0, 0.05) is 58.3 Å². The molecule has 0 atom stereocenters. The topological polar surface area (TPSA) is 67.6 Å². The Balaban J connectivity index is 0.00000312. The Kier molecular flexibility index (Phi) is 9.25. The Morgan fingerprint density at radius 3 is 2.68 bits per heavy atom. The molecular weight excluding hydrogens is 431 g/mol. The zero-order valence-electron chi connectivity index (χ0n) is 15.3. The van der Waals surface area contributed by atoms with E-state index in [1.54, 1.807) is 11.7 Å². The molecule has 1 N–H and O–H groups in total. The van der Waals surface area contributed by atoms with Crippen LogP contribution >= 0.6 is 24.0 Å². The number of hydrogen-bond donors (Lipinski definition) is 1. The van der Waals surface area contributed by atoms with E-state index in [0.717, 1.165) is 30.1 Å². The molecule has 0 amide bonds. The summed E-state index contributed by atoms with van der Waals surface area (Å²) in [7, 11) is 5.70. The summed E-state index contributed by atoms with van der Waals surface area (Å²) in [5, 5.41) is 7.53. The maximum atomic E-state index is 5.49. The number of nitrogens with one attached hydrogen (secondary N) is 1. The van der Waals surface area contributed by atoms with Crippen LogP contribution in [0.25, 0.3) is 0 Å². The molecular formula is C17H27IN6O. The highest BCUT2D eigenvalue weighted by molar-refractivity contribution is 14.0. The van der Waals surface area contributed by atoms with E-state index in [1.807, 2.05) is 44.8 Å². The quantitative estimate of drug-likeness (QED) is 0.392.